The Labute approximate surface area is 106 Å². The molecule has 1 unspecified atom stereocenters. The van der Waals surface area contributed by atoms with Gasteiger partial charge in [0.25, 0.3) is 0 Å². The molecule has 1 aliphatic rings. The topological polar surface area (TPSA) is 33.3 Å². The van der Waals surface area contributed by atoms with Crippen LogP contribution in [0.2, 0.25) is 0 Å². The Bertz CT molecular complexity index is 394. The molecule has 0 saturated carbocycles. The number of hydrogen-bond donors (Lipinski definition) is 2. The van der Waals surface area contributed by atoms with E-state index in [1.807, 2.05) is 13.8 Å². The Morgan fingerprint density at radius 3 is 2.39 bits per heavy atom. The SMILES string of the molecule is CC(C)Oc1cc(F)c(C2CNCCN2)c(F)c1. The van der Waals surface area contributed by atoms with Crippen molar-refractivity contribution in [1.82, 2.24) is 10.6 Å². The van der Waals surface area contributed by atoms with Gasteiger partial charge < -0.3 is 15.4 Å². The zero-order chi connectivity index (χ0) is 13.1. The Hall–Kier alpha value is -1.20. The van der Waals surface area contributed by atoms with Crippen molar-refractivity contribution in [3.8, 4) is 5.75 Å². The van der Waals surface area contributed by atoms with Gasteiger partial charge in [-0.25, -0.2) is 8.78 Å². The van der Waals surface area contributed by atoms with E-state index in [1.54, 1.807) is 0 Å². The van der Waals surface area contributed by atoms with Gasteiger partial charge in [0.1, 0.15) is 17.4 Å². The van der Waals surface area contributed by atoms with Crippen molar-refractivity contribution in [3.05, 3.63) is 29.3 Å². The lowest BCUT2D eigenvalue weighted by molar-refractivity contribution is 0.239. The first-order valence-corrected chi connectivity index (χ1v) is 6.17. The molecule has 5 heteroatoms. The molecule has 0 aromatic heterocycles. The summed E-state index contributed by atoms with van der Waals surface area (Å²) in [5.74, 6) is -0.897. The molecular weight excluding hydrogens is 238 g/mol. The van der Waals surface area contributed by atoms with Crippen LogP contribution in [0.15, 0.2) is 12.1 Å². The van der Waals surface area contributed by atoms with Crippen LogP contribution in [0, 0.1) is 11.6 Å². The zero-order valence-corrected chi connectivity index (χ0v) is 10.6. The average molecular weight is 256 g/mol. The maximum atomic E-state index is 14.0. The third kappa shape index (κ3) is 2.97. The second kappa shape index (κ2) is 5.63. The minimum absolute atomic E-state index is 0.0818. The number of piperazine rings is 1. The second-order valence-corrected chi connectivity index (χ2v) is 4.68. The van der Waals surface area contributed by atoms with Gasteiger partial charge in [-0.2, -0.15) is 0 Å². The fourth-order valence-electron chi connectivity index (χ4n) is 2.09. The molecule has 0 radical (unpaired) electrons. The number of nitrogens with one attached hydrogen (secondary N) is 2. The number of ether oxygens (including phenoxy) is 1. The first kappa shape index (κ1) is 13.2. The highest BCUT2D eigenvalue weighted by molar-refractivity contribution is 5.33. The van der Waals surface area contributed by atoms with Crippen molar-refractivity contribution in [2.24, 2.45) is 0 Å². The van der Waals surface area contributed by atoms with Gasteiger partial charge in [-0.15, -0.1) is 0 Å². The summed E-state index contributed by atoms with van der Waals surface area (Å²) in [4.78, 5) is 0. The van der Waals surface area contributed by atoms with E-state index >= 15 is 0 Å². The van der Waals surface area contributed by atoms with Gasteiger partial charge in [0.15, 0.2) is 0 Å². The summed E-state index contributed by atoms with van der Waals surface area (Å²) in [6, 6.07) is 2.16. The Kier molecular flexibility index (Phi) is 4.14. The molecule has 1 fully saturated rings. The summed E-state index contributed by atoms with van der Waals surface area (Å²) in [5.41, 5.74) is 0.0818. The smallest absolute Gasteiger partial charge is 0.134 e. The van der Waals surface area contributed by atoms with Crippen LogP contribution in [-0.2, 0) is 0 Å². The predicted molar refractivity (Wildman–Crippen MR) is 65.7 cm³/mol. The molecule has 0 spiro atoms. The van der Waals surface area contributed by atoms with Crippen molar-refractivity contribution in [2.45, 2.75) is 26.0 Å². The molecular formula is C13H18F2N2O. The van der Waals surface area contributed by atoms with Crippen molar-refractivity contribution < 1.29 is 13.5 Å². The Balaban J connectivity index is 2.25. The summed E-state index contributed by atoms with van der Waals surface area (Å²) in [5, 5.41) is 6.20. The molecule has 0 bridgehead atoms. The van der Waals surface area contributed by atoms with Crippen LogP contribution in [0.5, 0.6) is 5.75 Å². The summed E-state index contributed by atoms with van der Waals surface area (Å²) in [6.07, 6.45) is -0.107. The molecule has 1 aromatic rings. The van der Waals surface area contributed by atoms with Gasteiger partial charge in [0, 0.05) is 37.3 Å². The van der Waals surface area contributed by atoms with Crippen LogP contribution in [-0.4, -0.2) is 25.7 Å². The molecule has 18 heavy (non-hydrogen) atoms. The van der Waals surface area contributed by atoms with Crippen LogP contribution in [0.3, 0.4) is 0 Å². The average Bonchev–Trinajstić information content (AvgIpc) is 2.28. The van der Waals surface area contributed by atoms with Gasteiger partial charge in [-0.1, -0.05) is 0 Å². The lowest BCUT2D eigenvalue weighted by Gasteiger charge is -2.25. The molecule has 100 valence electrons. The van der Waals surface area contributed by atoms with Crippen LogP contribution in [0.1, 0.15) is 25.5 Å². The maximum Gasteiger partial charge on any atom is 0.134 e. The summed E-state index contributed by atoms with van der Waals surface area (Å²) in [6.45, 7) is 5.67. The third-order valence-electron chi connectivity index (χ3n) is 2.81. The van der Waals surface area contributed by atoms with E-state index in [0.717, 1.165) is 6.54 Å². The van der Waals surface area contributed by atoms with Gasteiger partial charge in [-0.3, -0.25) is 0 Å². The minimum Gasteiger partial charge on any atom is -0.491 e. The first-order chi connectivity index (χ1) is 8.58. The van der Waals surface area contributed by atoms with Gasteiger partial charge >= 0.3 is 0 Å². The van der Waals surface area contributed by atoms with Crippen molar-refractivity contribution in [2.75, 3.05) is 19.6 Å². The van der Waals surface area contributed by atoms with Crippen LogP contribution in [0.25, 0.3) is 0 Å². The van der Waals surface area contributed by atoms with Crippen LogP contribution < -0.4 is 15.4 Å². The fourth-order valence-corrected chi connectivity index (χ4v) is 2.09. The van der Waals surface area contributed by atoms with E-state index in [-0.39, 0.29) is 23.5 Å². The van der Waals surface area contributed by atoms with Gasteiger partial charge in [-0.05, 0) is 13.8 Å². The number of rotatable bonds is 3. The van der Waals surface area contributed by atoms with E-state index in [1.165, 1.54) is 12.1 Å². The molecule has 1 saturated heterocycles. The summed E-state index contributed by atoms with van der Waals surface area (Å²) >= 11 is 0. The third-order valence-corrected chi connectivity index (χ3v) is 2.81. The molecule has 3 nitrogen and oxygen atoms in total. The molecule has 0 amide bonds. The largest absolute Gasteiger partial charge is 0.491 e. The first-order valence-electron chi connectivity index (χ1n) is 6.17. The number of hydrogen-bond acceptors (Lipinski definition) is 3. The van der Waals surface area contributed by atoms with E-state index in [9.17, 15) is 8.78 Å². The van der Waals surface area contributed by atoms with E-state index in [2.05, 4.69) is 10.6 Å². The summed E-state index contributed by atoms with van der Waals surface area (Å²) in [7, 11) is 0. The zero-order valence-electron chi connectivity index (χ0n) is 10.6. The fraction of sp³-hybridized carbons (Fsp3) is 0.538. The maximum absolute atomic E-state index is 14.0. The standard InChI is InChI=1S/C13H18F2N2O/c1-8(2)18-9-5-10(14)13(11(15)6-9)12-7-16-3-4-17-12/h5-6,8,12,16-17H,3-4,7H2,1-2H3. The van der Waals surface area contributed by atoms with Gasteiger partial charge in [0.2, 0.25) is 0 Å². The summed E-state index contributed by atoms with van der Waals surface area (Å²) < 4.78 is 33.2. The number of benzene rings is 1. The Morgan fingerprint density at radius 2 is 1.89 bits per heavy atom. The normalized spacial score (nSPS) is 20.2. The highest BCUT2D eigenvalue weighted by Gasteiger charge is 2.23. The van der Waals surface area contributed by atoms with Crippen LogP contribution >= 0.6 is 0 Å². The quantitative estimate of drug-likeness (QED) is 0.867. The molecule has 2 N–H and O–H groups in total. The van der Waals surface area contributed by atoms with Crippen molar-refractivity contribution >= 4 is 0 Å². The van der Waals surface area contributed by atoms with Crippen molar-refractivity contribution in [1.29, 1.82) is 0 Å². The monoisotopic (exact) mass is 256 g/mol. The lowest BCUT2D eigenvalue weighted by atomic mass is 10.0. The molecule has 0 aliphatic carbocycles. The molecule has 1 heterocycles. The lowest BCUT2D eigenvalue weighted by Crippen LogP contribution is -2.43. The van der Waals surface area contributed by atoms with E-state index in [4.69, 9.17) is 4.74 Å². The molecule has 1 aromatic carbocycles. The van der Waals surface area contributed by atoms with Gasteiger partial charge in [0.05, 0.1) is 12.1 Å². The van der Waals surface area contributed by atoms with E-state index in [0.29, 0.717) is 13.1 Å². The highest BCUT2D eigenvalue weighted by Crippen LogP contribution is 2.26. The van der Waals surface area contributed by atoms with Crippen molar-refractivity contribution in [3.63, 3.8) is 0 Å². The number of halogens is 2. The molecule has 1 aliphatic heterocycles. The predicted octanol–water partition coefficient (Wildman–Crippen LogP) is 1.99. The minimum atomic E-state index is -0.563. The van der Waals surface area contributed by atoms with E-state index < -0.39 is 11.6 Å². The van der Waals surface area contributed by atoms with Crippen LogP contribution in [0.4, 0.5) is 8.78 Å². The second-order valence-electron chi connectivity index (χ2n) is 4.68. The Morgan fingerprint density at radius 1 is 1.22 bits per heavy atom. The molecule has 2 rings (SSSR count). The molecule has 1 atom stereocenters. The highest BCUT2D eigenvalue weighted by atomic mass is 19.1.